The molecule has 1 fully saturated rings. The third-order valence-electron chi connectivity index (χ3n) is 3.21. The number of rotatable bonds is 2. The lowest BCUT2D eigenvalue weighted by Gasteiger charge is -2.30. The molecule has 1 aliphatic rings. The van der Waals surface area contributed by atoms with Gasteiger partial charge in [-0.3, -0.25) is 9.83 Å². The van der Waals surface area contributed by atoms with E-state index in [0.29, 0.717) is 5.92 Å². The molecule has 1 saturated carbocycles. The van der Waals surface area contributed by atoms with Crippen LogP contribution in [0.2, 0.25) is 0 Å². The number of nitrogens with zero attached hydrogens (tertiary/aromatic N) is 2. The Balaban J connectivity index is 2.54. The summed E-state index contributed by atoms with van der Waals surface area (Å²) in [5.74, 6) is 2.58. The van der Waals surface area contributed by atoms with Crippen LogP contribution in [0.15, 0.2) is 4.99 Å². The van der Waals surface area contributed by atoms with Crippen LogP contribution in [0.1, 0.15) is 32.6 Å². The Hall–Kier alpha value is -0.570. The summed E-state index contributed by atoms with van der Waals surface area (Å²) in [5.41, 5.74) is 0. The summed E-state index contributed by atoms with van der Waals surface area (Å²) in [6.45, 7) is 2.33. The first kappa shape index (κ1) is 11.5. The van der Waals surface area contributed by atoms with E-state index in [-0.39, 0.29) is 0 Å². The van der Waals surface area contributed by atoms with Crippen molar-refractivity contribution < 1.29 is 4.84 Å². The predicted molar refractivity (Wildman–Crippen MR) is 59.3 cm³/mol. The van der Waals surface area contributed by atoms with Crippen molar-refractivity contribution in [1.82, 2.24) is 5.06 Å². The standard InChI is InChI=1S/C11H22N2O/c1-9-5-7-10(8-6-9)11(12-2)13(3)14-4/h9-10H,5-8H2,1-4H3. The first-order valence-electron chi connectivity index (χ1n) is 5.43. The molecule has 0 bridgehead atoms. The van der Waals surface area contributed by atoms with Gasteiger partial charge in [0.1, 0.15) is 5.84 Å². The first-order chi connectivity index (χ1) is 6.69. The van der Waals surface area contributed by atoms with Crippen LogP contribution in [-0.4, -0.2) is 32.1 Å². The average molecular weight is 198 g/mol. The number of hydrogen-bond donors (Lipinski definition) is 0. The molecule has 3 nitrogen and oxygen atoms in total. The lowest BCUT2D eigenvalue weighted by atomic mass is 9.82. The van der Waals surface area contributed by atoms with Gasteiger partial charge < -0.3 is 0 Å². The summed E-state index contributed by atoms with van der Waals surface area (Å²) in [5, 5.41) is 1.79. The van der Waals surface area contributed by atoms with Crippen LogP contribution in [0.5, 0.6) is 0 Å². The zero-order valence-electron chi connectivity index (χ0n) is 9.79. The van der Waals surface area contributed by atoms with Crippen molar-refractivity contribution in [1.29, 1.82) is 0 Å². The first-order valence-corrected chi connectivity index (χ1v) is 5.43. The molecule has 82 valence electrons. The summed E-state index contributed by atoms with van der Waals surface area (Å²) in [6.07, 6.45) is 5.14. The molecule has 0 aromatic heterocycles. The molecule has 0 unspecified atom stereocenters. The van der Waals surface area contributed by atoms with Crippen LogP contribution in [0, 0.1) is 11.8 Å². The minimum absolute atomic E-state index is 0.598. The molecule has 3 heteroatoms. The normalized spacial score (nSPS) is 29.0. The number of aliphatic imine (C=N–C) groups is 1. The van der Waals surface area contributed by atoms with Crippen molar-refractivity contribution in [2.75, 3.05) is 21.2 Å². The van der Waals surface area contributed by atoms with Crippen molar-refractivity contribution in [2.24, 2.45) is 16.8 Å². The van der Waals surface area contributed by atoms with Gasteiger partial charge in [-0.25, -0.2) is 5.06 Å². The Morgan fingerprint density at radius 2 is 1.86 bits per heavy atom. The molecule has 0 aromatic rings. The number of amidine groups is 1. The van der Waals surface area contributed by atoms with Gasteiger partial charge in [-0.05, 0) is 18.8 Å². The van der Waals surface area contributed by atoms with Crippen molar-refractivity contribution in [3.05, 3.63) is 0 Å². The smallest absolute Gasteiger partial charge is 0.126 e. The zero-order chi connectivity index (χ0) is 10.6. The predicted octanol–water partition coefficient (Wildman–Crippen LogP) is 2.33. The van der Waals surface area contributed by atoms with E-state index >= 15 is 0 Å². The Bertz CT molecular complexity index is 195. The summed E-state index contributed by atoms with van der Waals surface area (Å²) >= 11 is 0. The van der Waals surface area contributed by atoms with Crippen molar-refractivity contribution in [2.45, 2.75) is 32.6 Å². The summed E-state index contributed by atoms with van der Waals surface area (Å²) in [7, 11) is 5.47. The van der Waals surface area contributed by atoms with Gasteiger partial charge in [0, 0.05) is 20.0 Å². The second-order valence-electron chi connectivity index (χ2n) is 4.22. The van der Waals surface area contributed by atoms with E-state index in [9.17, 15) is 0 Å². The van der Waals surface area contributed by atoms with E-state index in [1.165, 1.54) is 25.7 Å². The molecule has 0 spiro atoms. The summed E-state index contributed by atoms with van der Waals surface area (Å²) < 4.78 is 0. The van der Waals surface area contributed by atoms with Crippen LogP contribution in [-0.2, 0) is 4.84 Å². The zero-order valence-corrected chi connectivity index (χ0v) is 9.79. The molecule has 1 rings (SSSR count). The molecule has 0 N–H and O–H groups in total. The maximum atomic E-state index is 5.19. The fourth-order valence-electron chi connectivity index (χ4n) is 2.19. The highest BCUT2D eigenvalue weighted by Gasteiger charge is 2.24. The van der Waals surface area contributed by atoms with Gasteiger partial charge >= 0.3 is 0 Å². The molecule has 0 saturated heterocycles. The van der Waals surface area contributed by atoms with Gasteiger partial charge in [0.05, 0.1) is 7.11 Å². The lowest BCUT2D eigenvalue weighted by Crippen LogP contribution is -2.34. The summed E-state index contributed by atoms with van der Waals surface area (Å²) in [6, 6.07) is 0. The highest BCUT2D eigenvalue weighted by Crippen LogP contribution is 2.29. The van der Waals surface area contributed by atoms with Crippen LogP contribution in [0.3, 0.4) is 0 Å². The Labute approximate surface area is 87.1 Å². The Kier molecular flexibility index (Phi) is 4.39. The molecule has 0 heterocycles. The second-order valence-corrected chi connectivity index (χ2v) is 4.22. The fourth-order valence-corrected chi connectivity index (χ4v) is 2.19. The van der Waals surface area contributed by atoms with Gasteiger partial charge in [-0.15, -0.1) is 0 Å². The summed E-state index contributed by atoms with van der Waals surface area (Å²) in [4.78, 5) is 9.51. The second kappa shape index (κ2) is 5.35. The highest BCUT2D eigenvalue weighted by atomic mass is 16.7. The van der Waals surface area contributed by atoms with Crippen molar-refractivity contribution in [3.63, 3.8) is 0 Å². The van der Waals surface area contributed by atoms with Crippen LogP contribution < -0.4 is 0 Å². The fraction of sp³-hybridized carbons (Fsp3) is 0.909. The quantitative estimate of drug-likeness (QED) is 0.386. The van der Waals surface area contributed by atoms with Gasteiger partial charge in [-0.1, -0.05) is 19.8 Å². The minimum atomic E-state index is 0.598. The highest BCUT2D eigenvalue weighted by molar-refractivity contribution is 5.83. The molecule has 0 aromatic carbocycles. The minimum Gasteiger partial charge on any atom is -0.276 e. The molecule has 0 aliphatic heterocycles. The van der Waals surface area contributed by atoms with Crippen LogP contribution in [0.25, 0.3) is 0 Å². The Morgan fingerprint density at radius 1 is 1.29 bits per heavy atom. The largest absolute Gasteiger partial charge is 0.276 e. The average Bonchev–Trinajstić information content (AvgIpc) is 2.21. The Morgan fingerprint density at radius 3 is 2.29 bits per heavy atom. The van der Waals surface area contributed by atoms with Crippen molar-refractivity contribution >= 4 is 5.84 Å². The van der Waals surface area contributed by atoms with E-state index in [4.69, 9.17) is 4.84 Å². The van der Waals surface area contributed by atoms with Gasteiger partial charge in [0.15, 0.2) is 0 Å². The molecule has 0 atom stereocenters. The van der Waals surface area contributed by atoms with Crippen LogP contribution >= 0.6 is 0 Å². The molecule has 14 heavy (non-hydrogen) atoms. The third-order valence-corrected chi connectivity index (χ3v) is 3.21. The monoisotopic (exact) mass is 198 g/mol. The molecular formula is C11H22N2O. The lowest BCUT2D eigenvalue weighted by molar-refractivity contribution is -0.0477. The molecule has 0 amide bonds. The SMILES string of the molecule is CN=C(C1CCC(C)CC1)N(C)OC. The van der Waals surface area contributed by atoms with Crippen LogP contribution in [0.4, 0.5) is 0 Å². The molecule has 0 radical (unpaired) electrons. The molecular weight excluding hydrogens is 176 g/mol. The third kappa shape index (κ3) is 2.71. The van der Waals surface area contributed by atoms with Gasteiger partial charge in [0.25, 0.3) is 0 Å². The van der Waals surface area contributed by atoms with Gasteiger partial charge in [-0.2, -0.15) is 0 Å². The van der Waals surface area contributed by atoms with E-state index in [1.54, 1.807) is 12.2 Å². The molecule has 1 aliphatic carbocycles. The van der Waals surface area contributed by atoms with E-state index < -0.39 is 0 Å². The van der Waals surface area contributed by atoms with E-state index in [1.807, 2.05) is 14.1 Å². The number of hydrogen-bond acceptors (Lipinski definition) is 2. The van der Waals surface area contributed by atoms with Gasteiger partial charge in [0.2, 0.25) is 0 Å². The maximum absolute atomic E-state index is 5.19. The van der Waals surface area contributed by atoms with E-state index in [2.05, 4.69) is 11.9 Å². The topological polar surface area (TPSA) is 24.8 Å². The van der Waals surface area contributed by atoms with E-state index in [0.717, 1.165) is 11.8 Å². The van der Waals surface area contributed by atoms with Crippen molar-refractivity contribution in [3.8, 4) is 0 Å². The maximum Gasteiger partial charge on any atom is 0.126 e. The number of hydroxylamine groups is 2.